The second kappa shape index (κ2) is 3.95. The molecular formula is C6H9O9P. The number of ether oxygens (including phenoxy) is 3. The Bertz CT molecular complexity index is 337. The minimum absolute atomic E-state index is 0.515. The zero-order valence-electron chi connectivity index (χ0n) is 7.75. The summed E-state index contributed by atoms with van der Waals surface area (Å²) >= 11 is 0. The van der Waals surface area contributed by atoms with E-state index in [4.69, 9.17) is 14.5 Å². The molecule has 10 heteroatoms. The van der Waals surface area contributed by atoms with E-state index in [9.17, 15) is 14.5 Å². The lowest BCUT2D eigenvalue weighted by Crippen LogP contribution is -2.31. The number of carbonyl (C=O) groups is 1. The molecule has 9 nitrogen and oxygen atoms in total. The van der Waals surface area contributed by atoms with E-state index in [2.05, 4.69) is 14.0 Å². The van der Waals surface area contributed by atoms with Crippen molar-refractivity contribution in [3.8, 4) is 0 Å². The Hall–Kier alpha value is -0.700. The molecule has 2 heterocycles. The Kier molecular flexibility index (Phi) is 2.91. The fourth-order valence-corrected chi connectivity index (χ4v) is 1.87. The van der Waals surface area contributed by atoms with Gasteiger partial charge in [-0.25, -0.2) is 9.36 Å². The van der Waals surface area contributed by atoms with Crippen molar-refractivity contribution in [2.75, 3.05) is 6.61 Å². The number of hydrogen-bond donors (Lipinski definition) is 3. The summed E-state index contributed by atoms with van der Waals surface area (Å²) in [7, 11) is -4.63. The lowest BCUT2D eigenvalue weighted by atomic mass is 10.1. The van der Waals surface area contributed by atoms with Crippen LogP contribution in [-0.2, 0) is 23.3 Å². The first kappa shape index (κ1) is 11.8. The molecule has 2 aliphatic heterocycles. The predicted octanol–water partition coefficient (Wildman–Crippen LogP) is -1.28. The van der Waals surface area contributed by atoms with Crippen LogP contribution in [0.4, 0.5) is 4.79 Å². The molecule has 2 fully saturated rings. The lowest BCUT2D eigenvalue weighted by Gasteiger charge is -2.14. The summed E-state index contributed by atoms with van der Waals surface area (Å²) < 4.78 is 28.7. The van der Waals surface area contributed by atoms with Crippen molar-refractivity contribution in [1.29, 1.82) is 0 Å². The summed E-state index contributed by atoms with van der Waals surface area (Å²) in [5.41, 5.74) is 0. The van der Waals surface area contributed by atoms with Crippen molar-refractivity contribution in [2.45, 2.75) is 24.6 Å². The number of phosphoric ester groups is 1. The van der Waals surface area contributed by atoms with Crippen LogP contribution >= 0.6 is 7.82 Å². The van der Waals surface area contributed by atoms with Gasteiger partial charge in [-0.05, 0) is 0 Å². The Morgan fingerprint density at radius 2 is 1.94 bits per heavy atom. The number of phosphoric acid groups is 1. The van der Waals surface area contributed by atoms with Gasteiger partial charge >= 0.3 is 14.0 Å². The molecule has 0 aliphatic carbocycles. The molecule has 0 spiro atoms. The van der Waals surface area contributed by atoms with E-state index in [0.29, 0.717) is 0 Å². The van der Waals surface area contributed by atoms with Crippen LogP contribution in [-0.4, -0.2) is 52.3 Å². The average Bonchev–Trinajstić information content (AvgIpc) is 2.62. The lowest BCUT2D eigenvalue weighted by molar-refractivity contribution is -0.138. The maximum atomic E-state index is 10.7. The molecule has 0 bridgehead atoms. The fourth-order valence-electron chi connectivity index (χ4n) is 1.53. The number of aliphatic hydroxyl groups excluding tert-OH is 1. The van der Waals surface area contributed by atoms with Crippen LogP contribution < -0.4 is 0 Å². The van der Waals surface area contributed by atoms with Crippen LogP contribution in [0.25, 0.3) is 0 Å². The molecule has 16 heavy (non-hydrogen) atoms. The summed E-state index contributed by atoms with van der Waals surface area (Å²) in [6.07, 6.45) is -5.23. The van der Waals surface area contributed by atoms with E-state index >= 15 is 0 Å². The van der Waals surface area contributed by atoms with Crippen LogP contribution in [0.15, 0.2) is 0 Å². The smallest absolute Gasteiger partial charge is 0.424 e. The van der Waals surface area contributed by atoms with Crippen LogP contribution in [0.3, 0.4) is 0 Å². The predicted molar refractivity (Wildman–Crippen MR) is 44.0 cm³/mol. The molecule has 0 aromatic heterocycles. The molecule has 2 saturated heterocycles. The van der Waals surface area contributed by atoms with Gasteiger partial charge < -0.3 is 29.1 Å². The molecule has 3 N–H and O–H groups in total. The molecule has 2 aliphatic rings. The number of carbonyl (C=O) groups excluding carboxylic acids is 1. The van der Waals surface area contributed by atoms with E-state index in [-0.39, 0.29) is 0 Å². The fraction of sp³-hybridized carbons (Fsp3) is 0.833. The average molecular weight is 256 g/mol. The molecule has 92 valence electrons. The van der Waals surface area contributed by atoms with Crippen LogP contribution in [0, 0.1) is 0 Å². The van der Waals surface area contributed by atoms with Gasteiger partial charge in [-0.1, -0.05) is 0 Å². The van der Waals surface area contributed by atoms with Gasteiger partial charge in [0.2, 0.25) is 0 Å². The number of rotatable bonds is 3. The summed E-state index contributed by atoms with van der Waals surface area (Å²) in [6.45, 7) is -0.515. The van der Waals surface area contributed by atoms with Gasteiger partial charge in [-0.3, -0.25) is 4.52 Å². The van der Waals surface area contributed by atoms with Crippen molar-refractivity contribution in [1.82, 2.24) is 0 Å². The van der Waals surface area contributed by atoms with Gasteiger partial charge in [0.1, 0.15) is 6.10 Å². The topological polar surface area (TPSA) is 132 Å². The first-order chi connectivity index (χ1) is 7.37. The highest BCUT2D eigenvalue weighted by Crippen LogP contribution is 2.38. The molecular weight excluding hydrogens is 247 g/mol. The molecule has 4 atom stereocenters. The summed E-state index contributed by atoms with van der Waals surface area (Å²) in [5.74, 6) is 0. The van der Waals surface area contributed by atoms with Gasteiger partial charge in [-0.2, -0.15) is 0 Å². The third-order valence-corrected chi connectivity index (χ3v) is 2.64. The first-order valence-electron chi connectivity index (χ1n) is 4.28. The quantitative estimate of drug-likeness (QED) is 0.417. The normalized spacial score (nSPS) is 38.1. The molecule has 0 saturated carbocycles. The zero-order chi connectivity index (χ0) is 11.9. The Morgan fingerprint density at radius 1 is 1.31 bits per heavy atom. The second-order valence-corrected chi connectivity index (χ2v) is 4.51. The Morgan fingerprint density at radius 3 is 2.56 bits per heavy atom. The largest absolute Gasteiger partial charge is 0.509 e. The zero-order valence-corrected chi connectivity index (χ0v) is 8.65. The number of hydrogen-bond acceptors (Lipinski definition) is 7. The van der Waals surface area contributed by atoms with Crippen LogP contribution in [0.1, 0.15) is 0 Å². The SMILES string of the molecule is O=C1O[C@@H]2[C@@H](COP(=O)(O)O)OC(O)[C@@H]2O1. The molecule has 0 radical (unpaired) electrons. The van der Waals surface area contributed by atoms with E-state index in [1.165, 1.54) is 0 Å². The van der Waals surface area contributed by atoms with Crippen molar-refractivity contribution in [3.63, 3.8) is 0 Å². The first-order valence-corrected chi connectivity index (χ1v) is 5.81. The van der Waals surface area contributed by atoms with E-state index < -0.39 is 45.2 Å². The molecule has 2 rings (SSSR count). The molecule has 1 unspecified atom stereocenters. The Balaban J connectivity index is 1.96. The molecule has 0 aromatic carbocycles. The monoisotopic (exact) mass is 256 g/mol. The van der Waals surface area contributed by atoms with Gasteiger partial charge in [0.25, 0.3) is 0 Å². The molecule has 0 aromatic rings. The van der Waals surface area contributed by atoms with Crippen molar-refractivity contribution >= 4 is 14.0 Å². The number of aliphatic hydroxyl groups is 1. The van der Waals surface area contributed by atoms with Gasteiger partial charge in [-0.15, -0.1) is 0 Å². The highest BCUT2D eigenvalue weighted by Gasteiger charge is 2.54. The van der Waals surface area contributed by atoms with E-state index in [1.807, 2.05) is 0 Å². The third-order valence-electron chi connectivity index (χ3n) is 2.16. The summed E-state index contributed by atoms with van der Waals surface area (Å²) in [5, 5.41) is 9.29. The molecule has 0 amide bonds. The van der Waals surface area contributed by atoms with Crippen molar-refractivity contribution < 1.29 is 43.0 Å². The summed E-state index contributed by atoms with van der Waals surface area (Å²) in [6, 6.07) is 0. The van der Waals surface area contributed by atoms with Gasteiger partial charge in [0.05, 0.1) is 6.61 Å². The van der Waals surface area contributed by atoms with E-state index in [1.54, 1.807) is 0 Å². The standard InChI is InChI=1S/C6H9O9P/c7-5-4-3(14-6(8)15-4)2(13-5)1-12-16(9,10)11/h2-5,7H,1H2,(H2,9,10,11)/t2-,3-,4-,5?/m1/s1. The van der Waals surface area contributed by atoms with Crippen LogP contribution in [0.2, 0.25) is 0 Å². The number of fused-ring (bicyclic) bond motifs is 1. The highest BCUT2D eigenvalue weighted by molar-refractivity contribution is 7.46. The second-order valence-electron chi connectivity index (χ2n) is 3.27. The minimum atomic E-state index is -4.63. The third kappa shape index (κ3) is 2.34. The van der Waals surface area contributed by atoms with Gasteiger partial charge in [0, 0.05) is 0 Å². The van der Waals surface area contributed by atoms with Crippen molar-refractivity contribution in [3.05, 3.63) is 0 Å². The maximum absolute atomic E-state index is 10.7. The van der Waals surface area contributed by atoms with Gasteiger partial charge in [0.15, 0.2) is 18.5 Å². The highest BCUT2D eigenvalue weighted by atomic mass is 31.2. The van der Waals surface area contributed by atoms with E-state index in [0.717, 1.165) is 0 Å². The van der Waals surface area contributed by atoms with Crippen molar-refractivity contribution in [2.24, 2.45) is 0 Å². The maximum Gasteiger partial charge on any atom is 0.509 e. The Labute approximate surface area is 89.1 Å². The minimum Gasteiger partial charge on any atom is -0.424 e. The van der Waals surface area contributed by atoms with Crippen LogP contribution in [0.5, 0.6) is 0 Å². The summed E-state index contributed by atoms with van der Waals surface area (Å²) in [4.78, 5) is 27.7.